The van der Waals surface area contributed by atoms with Crippen molar-refractivity contribution < 1.29 is 14.3 Å². The maximum atomic E-state index is 9.45. The van der Waals surface area contributed by atoms with Crippen LogP contribution < -0.4 is 0 Å². The number of aliphatic hydroxyl groups is 1. The van der Waals surface area contributed by atoms with E-state index < -0.39 is 8.32 Å². The molecule has 1 aromatic carbocycles. The van der Waals surface area contributed by atoms with Crippen LogP contribution in [0.5, 0.6) is 0 Å². The highest BCUT2D eigenvalue weighted by Crippen LogP contribution is 2.36. The van der Waals surface area contributed by atoms with Crippen LogP contribution in [0.3, 0.4) is 0 Å². The average molecular weight is 352 g/mol. The summed E-state index contributed by atoms with van der Waals surface area (Å²) in [5.74, 6) is 0. The molecule has 0 bridgehead atoms. The van der Waals surface area contributed by atoms with Crippen LogP contribution in [0.15, 0.2) is 30.3 Å². The Kier molecular flexibility index (Phi) is 6.62. The fourth-order valence-electron chi connectivity index (χ4n) is 2.61. The van der Waals surface area contributed by atoms with E-state index in [-0.39, 0.29) is 23.8 Å². The van der Waals surface area contributed by atoms with E-state index in [4.69, 9.17) is 9.16 Å². The molecule has 136 valence electrons. The van der Waals surface area contributed by atoms with Crippen LogP contribution in [-0.2, 0) is 15.7 Å². The van der Waals surface area contributed by atoms with E-state index in [9.17, 15) is 5.11 Å². The molecule has 0 aliphatic carbocycles. The quantitative estimate of drug-likeness (QED) is 0.799. The van der Waals surface area contributed by atoms with Crippen molar-refractivity contribution in [1.82, 2.24) is 4.90 Å². The first kappa shape index (κ1) is 19.6. The summed E-state index contributed by atoms with van der Waals surface area (Å²) in [6, 6.07) is 10.7. The summed E-state index contributed by atoms with van der Waals surface area (Å²) >= 11 is 0. The third-order valence-corrected chi connectivity index (χ3v) is 9.85. The molecule has 1 saturated heterocycles. The Bertz CT molecular complexity index is 501. The fourth-order valence-corrected chi connectivity index (χ4v) is 3.65. The van der Waals surface area contributed by atoms with E-state index in [1.807, 2.05) is 6.07 Å². The van der Waals surface area contributed by atoms with Crippen LogP contribution in [0.4, 0.5) is 0 Å². The van der Waals surface area contributed by atoms with E-state index in [1.165, 1.54) is 5.56 Å². The van der Waals surface area contributed by atoms with Crippen LogP contribution in [-0.4, -0.2) is 56.8 Å². The highest BCUT2D eigenvalue weighted by molar-refractivity contribution is 6.74. The lowest BCUT2D eigenvalue weighted by Gasteiger charge is -2.42. The van der Waals surface area contributed by atoms with Gasteiger partial charge in [0.2, 0.25) is 0 Å². The molecule has 1 aromatic rings. The van der Waals surface area contributed by atoms with Gasteiger partial charge in [-0.2, -0.15) is 0 Å². The van der Waals surface area contributed by atoms with Gasteiger partial charge in [0.1, 0.15) is 0 Å². The lowest BCUT2D eigenvalue weighted by atomic mass is 10.1. The van der Waals surface area contributed by atoms with E-state index in [0.29, 0.717) is 13.2 Å². The van der Waals surface area contributed by atoms with Crippen molar-refractivity contribution in [2.24, 2.45) is 0 Å². The highest BCUT2D eigenvalue weighted by atomic mass is 28.4. The lowest BCUT2D eigenvalue weighted by Crippen LogP contribution is -2.54. The minimum atomic E-state index is -1.77. The largest absolute Gasteiger partial charge is 0.415 e. The van der Waals surface area contributed by atoms with Gasteiger partial charge < -0.3 is 14.3 Å². The summed E-state index contributed by atoms with van der Waals surface area (Å²) in [6.45, 7) is 14.4. The maximum absolute atomic E-state index is 9.45. The highest BCUT2D eigenvalue weighted by Gasteiger charge is 2.39. The third-order valence-electron chi connectivity index (χ3n) is 5.35. The first-order valence-electron chi connectivity index (χ1n) is 8.87. The van der Waals surface area contributed by atoms with Gasteiger partial charge in [-0.05, 0) is 23.7 Å². The van der Waals surface area contributed by atoms with Gasteiger partial charge in [0, 0.05) is 13.1 Å². The normalized spacial score (nSPS) is 23.4. The Balaban J connectivity index is 2.02. The Morgan fingerprint density at radius 3 is 2.50 bits per heavy atom. The van der Waals surface area contributed by atoms with E-state index in [1.54, 1.807) is 0 Å². The van der Waals surface area contributed by atoms with E-state index >= 15 is 0 Å². The Morgan fingerprint density at radius 1 is 1.25 bits per heavy atom. The summed E-state index contributed by atoms with van der Waals surface area (Å²) in [4.78, 5) is 2.40. The molecule has 0 spiro atoms. The van der Waals surface area contributed by atoms with Crippen molar-refractivity contribution >= 4 is 8.32 Å². The second-order valence-electron chi connectivity index (χ2n) is 8.28. The molecule has 0 radical (unpaired) electrons. The van der Waals surface area contributed by atoms with E-state index in [2.05, 4.69) is 63.0 Å². The molecule has 2 rings (SSSR count). The minimum absolute atomic E-state index is 0.0705. The van der Waals surface area contributed by atoms with Crippen molar-refractivity contribution in [3.05, 3.63) is 35.9 Å². The standard InChI is InChI=1S/C19H33NO3Si/c1-19(2,3)24(4,5)23-15-17-14-22-18(13-21)12-20(17)11-16-9-7-6-8-10-16/h6-10,17-18,21H,11-15H2,1-5H3/t17-,18-/m0/s1. The number of aliphatic hydroxyl groups excluding tert-OH is 1. The zero-order valence-corrected chi connectivity index (χ0v) is 16.8. The molecule has 1 heterocycles. The van der Waals surface area contributed by atoms with Gasteiger partial charge in [-0.1, -0.05) is 51.1 Å². The van der Waals surface area contributed by atoms with Gasteiger partial charge >= 0.3 is 0 Å². The van der Waals surface area contributed by atoms with Crippen LogP contribution in [0.2, 0.25) is 18.1 Å². The summed E-state index contributed by atoms with van der Waals surface area (Å²) in [7, 11) is -1.77. The smallest absolute Gasteiger partial charge is 0.192 e. The molecule has 5 heteroatoms. The number of hydrogen-bond acceptors (Lipinski definition) is 4. The first-order valence-corrected chi connectivity index (χ1v) is 11.8. The molecule has 0 unspecified atom stereocenters. The van der Waals surface area contributed by atoms with Gasteiger partial charge in [0.25, 0.3) is 0 Å². The molecule has 4 nitrogen and oxygen atoms in total. The molecule has 1 fully saturated rings. The average Bonchev–Trinajstić information content (AvgIpc) is 2.53. The number of hydrogen-bond donors (Lipinski definition) is 1. The second-order valence-corrected chi connectivity index (χ2v) is 13.1. The number of nitrogens with zero attached hydrogens (tertiary/aromatic N) is 1. The van der Waals surface area contributed by atoms with Crippen LogP contribution in [0.25, 0.3) is 0 Å². The van der Waals surface area contributed by atoms with Crippen molar-refractivity contribution in [3.63, 3.8) is 0 Å². The SMILES string of the molecule is CC(C)(C)[Si](C)(C)OC[C@@H]1CO[C@H](CO)CN1Cc1ccccc1. The summed E-state index contributed by atoms with van der Waals surface area (Å²) < 4.78 is 12.2. The summed E-state index contributed by atoms with van der Waals surface area (Å²) in [5.41, 5.74) is 1.29. The summed E-state index contributed by atoms with van der Waals surface area (Å²) in [6.07, 6.45) is -0.0992. The predicted molar refractivity (Wildman–Crippen MR) is 101 cm³/mol. The van der Waals surface area contributed by atoms with Gasteiger partial charge in [-0.25, -0.2) is 0 Å². The topological polar surface area (TPSA) is 41.9 Å². The lowest BCUT2D eigenvalue weighted by molar-refractivity contribution is -0.0944. The molecule has 1 aliphatic rings. The first-order chi connectivity index (χ1) is 11.2. The third kappa shape index (κ3) is 5.13. The molecule has 0 amide bonds. The predicted octanol–water partition coefficient (Wildman–Crippen LogP) is 3.27. The van der Waals surface area contributed by atoms with Crippen molar-refractivity contribution in [2.75, 3.05) is 26.4 Å². The number of ether oxygens (including phenoxy) is 1. The van der Waals surface area contributed by atoms with Gasteiger partial charge in [-0.3, -0.25) is 4.90 Å². The monoisotopic (exact) mass is 351 g/mol. The minimum Gasteiger partial charge on any atom is -0.415 e. The van der Waals surface area contributed by atoms with Crippen LogP contribution in [0, 0.1) is 0 Å². The fraction of sp³-hybridized carbons (Fsp3) is 0.684. The Hall–Kier alpha value is -0.723. The van der Waals surface area contributed by atoms with Crippen LogP contribution >= 0.6 is 0 Å². The molecule has 2 atom stereocenters. The van der Waals surface area contributed by atoms with E-state index in [0.717, 1.165) is 13.1 Å². The van der Waals surface area contributed by atoms with Crippen molar-refractivity contribution in [2.45, 2.75) is 57.6 Å². The van der Waals surface area contributed by atoms with Gasteiger partial charge in [0.15, 0.2) is 8.32 Å². The van der Waals surface area contributed by atoms with Gasteiger partial charge in [0.05, 0.1) is 32.0 Å². The van der Waals surface area contributed by atoms with Gasteiger partial charge in [-0.15, -0.1) is 0 Å². The molecule has 1 N–H and O–H groups in total. The zero-order valence-electron chi connectivity index (χ0n) is 15.8. The zero-order chi connectivity index (χ0) is 17.8. The maximum Gasteiger partial charge on any atom is 0.192 e. The molecular formula is C19H33NO3Si. The number of morpholine rings is 1. The molecule has 0 saturated carbocycles. The second kappa shape index (κ2) is 8.10. The molecule has 24 heavy (non-hydrogen) atoms. The Morgan fingerprint density at radius 2 is 1.92 bits per heavy atom. The van der Waals surface area contributed by atoms with Crippen molar-refractivity contribution in [3.8, 4) is 0 Å². The van der Waals surface area contributed by atoms with Crippen molar-refractivity contribution in [1.29, 1.82) is 0 Å². The van der Waals surface area contributed by atoms with Crippen LogP contribution in [0.1, 0.15) is 26.3 Å². The molecule has 1 aliphatic heterocycles. The molecule has 0 aromatic heterocycles. The molecular weight excluding hydrogens is 318 g/mol. The number of rotatable bonds is 6. The summed E-state index contributed by atoms with van der Waals surface area (Å²) in [5, 5.41) is 9.66. The Labute approximate surface area is 147 Å². The number of benzene rings is 1.